The third kappa shape index (κ3) is 4.65. The summed E-state index contributed by atoms with van der Waals surface area (Å²) in [5.41, 5.74) is 5.66. The number of nitrogens with two attached hydrogens (primary N) is 1. The van der Waals surface area contributed by atoms with Crippen molar-refractivity contribution in [3.8, 4) is 29.0 Å². The van der Waals surface area contributed by atoms with Crippen LogP contribution < -0.4 is 20.1 Å². The van der Waals surface area contributed by atoms with Crippen LogP contribution in [0, 0.1) is 28.4 Å². The lowest BCUT2D eigenvalue weighted by Gasteiger charge is -2.50. The molecule has 10 nitrogen and oxygen atoms in total. The van der Waals surface area contributed by atoms with Gasteiger partial charge in [-0.2, -0.15) is 15.2 Å². The van der Waals surface area contributed by atoms with E-state index in [1.54, 1.807) is 0 Å². The number of carbonyl (C=O) groups is 1. The third-order valence-electron chi connectivity index (χ3n) is 11.6. The van der Waals surface area contributed by atoms with Crippen molar-refractivity contribution in [2.24, 2.45) is 5.41 Å². The van der Waals surface area contributed by atoms with E-state index in [4.69, 9.17) is 31.8 Å². The number of nitriles is 1. The van der Waals surface area contributed by atoms with E-state index in [0.717, 1.165) is 62.9 Å². The van der Waals surface area contributed by atoms with Gasteiger partial charge in [0.15, 0.2) is 11.6 Å². The summed E-state index contributed by atoms with van der Waals surface area (Å²) in [5, 5.41) is 10.5. The van der Waals surface area contributed by atoms with Gasteiger partial charge in [0.2, 0.25) is 6.41 Å². The summed E-state index contributed by atoms with van der Waals surface area (Å²) in [6.07, 6.45) is 4.56. The molecular weight excluding hydrogens is 691 g/mol. The predicted molar refractivity (Wildman–Crippen MR) is 184 cm³/mol. The highest BCUT2D eigenvalue weighted by molar-refractivity contribution is 7.23. The number of nitrogen functional groups attached to an aromatic ring is 1. The standard InChI is InChI=1S/C35H33ClF3N7O3S/c36-26-24(20-2-3-22(38)30-23(20)21(13-40)31(41)50-30)27(39)28-25-29(26)48-9-8-46(19-11-34(12-19)5-7-44(15-34)17-47)32(25)43-33(42-28)49-16-35-4-1-6-45(35)14-18(37)10-35/h2-3,17-19H,1,4-12,14-16,41H2/t18-,19?,34?,35+/m1/s1. The first-order valence-corrected chi connectivity index (χ1v) is 18.1. The molecule has 1 amide bonds. The van der Waals surface area contributed by atoms with Gasteiger partial charge in [-0.05, 0) is 55.7 Å². The van der Waals surface area contributed by atoms with E-state index in [-0.39, 0.29) is 84.1 Å². The molecule has 1 saturated carbocycles. The maximum absolute atomic E-state index is 17.3. The molecule has 5 aliphatic rings. The molecule has 1 aliphatic carbocycles. The van der Waals surface area contributed by atoms with E-state index >= 15 is 8.78 Å². The molecule has 50 heavy (non-hydrogen) atoms. The van der Waals surface area contributed by atoms with Crippen molar-refractivity contribution in [3.05, 3.63) is 34.4 Å². The minimum atomic E-state index is -0.952. The van der Waals surface area contributed by atoms with Crippen LogP contribution >= 0.6 is 22.9 Å². The van der Waals surface area contributed by atoms with E-state index in [1.165, 1.54) is 12.1 Å². The number of carbonyl (C=O) groups excluding carboxylic acids is 1. The molecular formula is C35H33ClF3N7O3S. The fourth-order valence-corrected chi connectivity index (χ4v) is 10.6. The number of rotatable bonds is 6. The summed E-state index contributed by atoms with van der Waals surface area (Å²) in [4.78, 5) is 27.0. The summed E-state index contributed by atoms with van der Waals surface area (Å²) < 4.78 is 59.6. The fraction of sp³-hybridized carbons (Fsp3) is 0.486. The summed E-state index contributed by atoms with van der Waals surface area (Å²) in [5.74, 6) is -0.793. The van der Waals surface area contributed by atoms with Gasteiger partial charge in [-0.3, -0.25) is 9.69 Å². The highest BCUT2D eigenvalue weighted by Crippen LogP contribution is 2.54. The van der Waals surface area contributed by atoms with Crippen LogP contribution in [0.25, 0.3) is 32.1 Å². The highest BCUT2D eigenvalue weighted by Gasteiger charge is 2.52. The van der Waals surface area contributed by atoms with E-state index in [9.17, 15) is 14.4 Å². The quantitative estimate of drug-likeness (QED) is 0.237. The molecule has 2 aromatic heterocycles. The Kier molecular flexibility index (Phi) is 7.32. The number of amides is 1. The second-order valence-corrected chi connectivity index (χ2v) is 15.9. The number of fused-ring (bicyclic) bond motifs is 2. The van der Waals surface area contributed by atoms with Gasteiger partial charge in [0, 0.05) is 43.0 Å². The number of anilines is 2. The maximum atomic E-state index is 17.3. The summed E-state index contributed by atoms with van der Waals surface area (Å²) >= 11 is 7.97. The number of benzene rings is 2. The number of halogens is 4. The topological polar surface area (TPSA) is 121 Å². The van der Waals surface area contributed by atoms with Gasteiger partial charge >= 0.3 is 6.01 Å². The third-order valence-corrected chi connectivity index (χ3v) is 13.0. The highest BCUT2D eigenvalue weighted by atomic mass is 35.5. The van der Waals surface area contributed by atoms with E-state index in [2.05, 4.69) is 14.8 Å². The predicted octanol–water partition coefficient (Wildman–Crippen LogP) is 6.06. The number of thiophene rings is 1. The molecule has 3 saturated heterocycles. The summed E-state index contributed by atoms with van der Waals surface area (Å²) in [6, 6.07) is 4.61. The van der Waals surface area contributed by atoms with Crippen molar-refractivity contribution in [2.45, 2.75) is 56.3 Å². The van der Waals surface area contributed by atoms with E-state index in [1.807, 2.05) is 11.0 Å². The van der Waals surface area contributed by atoms with E-state index < -0.39 is 23.3 Å². The first-order chi connectivity index (χ1) is 24.1. The molecule has 1 spiro atoms. The Hall–Kier alpha value is -4.06. The van der Waals surface area contributed by atoms with Gasteiger partial charge in [0.05, 0.1) is 32.8 Å². The Balaban J connectivity index is 1.20. The Labute approximate surface area is 294 Å². The molecule has 9 rings (SSSR count). The lowest BCUT2D eigenvalue weighted by atomic mass is 9.64. The largest absolute Gasteiger partial charge is 0.489 e. The van der Waals surface area contributed by atoms with Crippen molar-refractivity contribution in [2.75, 3.05) is 56.6 Å². The van der Waals surface area contributed by atoms with Gasteiger partial charge in [-0.15, -0.1) is 11.3 Å². The molecule has 4 aliphatic heterocycles. The molecule has 4 fully saturated rings. The zero-order valence-corrected chi connectivity index (χ0v) is 28.6. The number of hydrogen-bond donors (Lipinski definition) is 1. The average Bonchev–Trinajstić information content (AvgIpc) is 3.82. The average molecular weight is 724 g/mol. The normalized spacial score (nSPS) is 27.4. The lowest BCUT2D eigenvalue weighted by Crippen LogP contribution is -2.53. The summed E-state index contributed by atoms with van der Waals surface area (Å²) in [6.45, 7) is 3.34. The molecule has 2 N–H and O–H groups in total. The van der Waals surface area contributed by atoms with Crippen LogP contribution in [0.3, 0.4) is 0 Å². The van der Waals surface area contributed by atoms with Crippen molar-refractivity contribution in [1.29, 1.82) is 5.26 Å². The zero-order chi connectivity index (χ0) is 34.5. The van der Waals surface area contributed by atoms with Crippen LogP contribution in [0.2, 0.25) is 5.02 Å². The molecule has 6 heterocycles. The van der Waals surface area contributed by atoms with Crippen LogP contribution in [0.1, 0.15) is 44.1 Å². The second kappa shape index (κ2) is 11.5. The van der Waals surface area contributed by atoms with Gasteiger partial charge < -0.3 is 25.0 Å². The van der Waals surface area contributed by atoms with Crippen molar-refractivity contribution < 1.29 is 27.4 Å². The van der Waals surface area contributed by atoms with Crippen LogP contribution in [-0.4, -0.2) is 89.9 Å². The molecule has 2 aromatic carbocycles. The van der Waals surface area contributed by atoms with Crippen molar-refractivity contribution in [1.82, 2.24) is 19.8 Å². The van der Waals surface area contributed by atoms with Crippen LogP contribution in [-0.2, 0) is 4.79 Å². The Morgan fingerprint density at radius 3 is 2.80 bits per heavy atom. The zero-order valence-electron chi connectivity index (χ0n) is 27.0. The monoisotopic (exact) mass is 723 g/mol. The molecule has 0 bridgehead atoms. The first-order valence-electron chi connectivity index (χ1n) is 16.9. The maximum Gasteiger partial charge on any atom is 0.319 e. The number of aromatic nitrogens is 2. The smallest absolute Gasteiger partial charge is 0.319 e. The minimum Gasteiger partial charge on any atom is -0.489 e. The molecule has 4 aromatic rings. The van der Waals surface area contributed by atoms with Crippen LogP contribution in [0.5, 0.6) is 11.8 Å². The number of likely N-dealkylation sites (tertiary alicyclic amines) is 1. The number of ether oxygens (including phenoxy) is 2. The number of hydrogen-bond acceptors (Lipinski definition) is 10. The van der Waals surface area contributed by atoms with Gasteiger partial charge in [0.25, 0.3) is 0 Å². The summed E-state index contributed by atoms with van der Waals surface area (Å²) in [7, 11) is 0. The van der Waals surface area contributed by atoms with Gasteiger partial charge in [-0.1, -0.05) is 17.7 Å². The molecule has 260 valence electrons. The second-order valence-electron chi connectivity index (χ2n) is 14.4. The number of nitrogens with zero attached hydrogens (tertiary/aromatic N) is 6. The van der Waals surface area contributed by atoms with Crippen LogP contribution in [0.4, 0.5) is 24.0 Å². The Morgan fingerprint density at radius 2 is 2.02 bits per heavy atom. The lowest BCUT2D eigenvalue weighted by molar-refractivity contribution is -0.117. The van der Waals surface area contributed by atoms with Crippen LogP contribution in [0.15, 0.2) is 12.1 Å². The Morgan fingerprint density at radius 1 is 1.18 bits per heavy atom. The number of alkyl halides is 1. The molecule has 0 unspecified atom stereocenters. The van der Waals surface area contributed by atoms with Crippen molar-refractivity contribution >= 4 is 61.2 Å². The molecule has 15 heteroatoms. The van der Waals surface area contributed by atoms with Gasteiger partial charge in [-0.25, -0.2) is 13.2 Å². The Bertz CT molecular complexity index is 2140. The first kappa shape index (κ1) is 31.9. The fourth-order valence-electron chi connectivity index (χ4n) is 9.30. The van der Waals surface area contributed by atoms with E-state index in [0.29, 0.717) is 31.9 Å². The van der Waals surface area contributed by atoms with Crippen molar-refractivity contribution in [3.63, 3.8) is 0 Å². The SMILES string of the molecule is N#Cc1c(N)sc2c(F)ccc(-c3c(Cl)c4c5c(nc(OC[C@@]67CCCN6C[C@H](F)C7)nc5c3F)N(C3CC5(CCN(C=O)C5)C3)CCO4)c12. The van der Waals surface area contributed by atoms with Gasteiger partial charge in [0.1, 0.15) is 47.6 Å². The minimum absolute atomic E-state index is 0.0189. The molecule has 2 atom stereocenters. The molecule has 0 radical (unpaired) electrons.